The van der Waals surface area contributed by atoms with Crippen molar-refractivity contribution < 1.29 is 23.4 Å². The number of aromatic amines is 1. The van der Waals surface area contributed by atoms with Gasteiger partial charge >= 0.3 is 11.6 Å². The Balaban J connectivity index is 1.83. The van der Waals surface area contributed by atoms with Crippen molar-refractivity contribution in [2.45, 2.75) is 19.8 Å². The minimum Gasteiger partial charge on any atom is -0.493 e. The van der Waals surface area contributed by atoms with Gasteiger partial charge in [0.25, 0.3) is 5.56 Å². The van der Waals surface area contributed by atoms with Crippen LogP contribution in [0.3, 0.4) is 0 Å². The monoisotopic (exact) mass is 446 g/mol. The number of rotatable bonds is 3. The molecule has 33 heavy (non-hydrogen) atoms. The van der Waals surface area contributed by atoms with Crippen LogP contribution in [0.15, 0.2) is 56.5 Å². The Kier molecular flexibility index (Phi) is 4.74. The summed E-state index contributed by atoms with van der Waals surface area (Å²) in [6, 6.07) is 11.8. The first-order chi connectivity index (χ1) is 15.9. The summed E-state index contributed by atoms with van der Waals surface area (Å²) in [4.78, 5) is 44.6. The molecule has 5 rings (SSSR count). The van der Waals surface area contributed by atoms with E-state index in [1.54, 1.807) is 49.4 Å². The number of hydrogen-bond acceptors (Lipinski definition) is 8. The number of para-hydroxylation sites is 1. The fourth-order valence-electron chi connectivity index (χ4n) is 4.07. The van der Waals surface area contributed by atoms with Gasteiger partial charge in [-0.15, -0.1) is 0 Å². The Morgan fingerprint density at radius 3 is 2.64 bits per heavy atom. The van der Waals surface area contributed by atoms with E-state index in [9.17, 15) is 14.4 Å². The zero-order valence-electron chi connectivity index (χ0n) is 17.9. The lowest BCUT2D eigenvalue weighted by atomic mass is 9.84. The zero-order valence-corrected chi connectivity index (χ0v) is 17.9. The van der Waals surface area contributed by atoms with E-state index in [2.05, 4.69) is 9.97 Å². The predicted octanol–water partition coefficient (Wildman–Crippen LogP) is 3.40. The molecular weight excluding hydrogens is 428 g/mol. The van der Waals surface area contributed by atoms with Crippen LogP contribution in [0, 0.1) is 6.92 Å². The molecule has 0 spiro atoms. The third kappa shape index (κ3) is 3.34. The summed E-state index contributed by atoms with van der Waals surface area (Å²) in [5.41, 5.74) is 0.142. The van der Waals surface area contributed by atoms with Crippen LogP contribution in [0.5, 0.6) is 23.1 Å². The number of nitrogens with one attached hydrogen (secondary N) is 1. The molecule has 2 aromatic carbocycles. The lowest BCUT2D eigenvalue weighted by Gasteiger charge is -2.27. The number of hydrogen-bond donors (Lipinski definition) is 1. The highest BCUT2D eigenvalue weighted by Gasteiger charge is 2.37. The second-order valence-corrected chi connectivity index (χ2v) is 7.54. The molecule has 9 nitrogen and oxygen atoms in total. The summed E-state index contributed by atoms with van der Waals surface area (Å²) >= 11 is 0. The molecule has 0 saturated carbocycles. The van der Waals surface area contributed by atoms with Gasteiger partial charge in [0.15, 0.2) is 17.2 Å². The minimum atomic E-state index is -0.860. The highest BCUT2D eigenvalue weighted by Crippen LogP contribution is 2.47. The smallest absolute Gasteiger partial charge is 0.344 e. The highest BCUT2D eigenvalue weighted by molar-refractivity contribution is 5.86. The van der Waals surface area contributed by atoms with Gasteiger partial charge in [-0.05, 0) is 36.8 Å². The molecule has 2 aromatic heterocycles. The van der Waals surface area contributed by atoms with Gasteiger partial charge in [0.1, 0.15) is 11.4 Å². The third-order valence-corrected chi connectivity index (χ3v) is 5.39. The number of ether oxygens (including phenoxy) is 3. The average molecular weight is 446 g/mol. The third-order valence-electron chi connectivity index (χ3n) is 5.39. The van der Waals surface area contributed by atoms with Crippen LogP contribution in [-0.4, -0.2) is 23.0 Å². The van der Waals surface area contributed by atoms with Crippen molar-refractivity contribution in [1.82, 2.24) is 9.97 Å². The summed E-state index contributed by atoms with van der Waals surface area (Å²) in [7, 11) is 1.43. The van der Waals surface area contributed by atoms with Gasteiger partial charge in [0, 0.05) is 6.92 Å². The van der Waals surface area contributed by atoms with E-state index >= 15 is 0 Å². The molecule has 1 atom stereocenters. The normalized spacial score (nSPS) is 14.2. The van der Waals surface area contributed by atoms with E-state index in [4.69, 9.17) is 18.6 Å². The number of H-pyrrole nitrogens is 1. The molecule has 0 fully saturated rings. The molecule has 9 heteroatoms. The number of benzene rings is 2. The van der Waals surface area contributed by atoms with E-state index < -0.39 is 23.1 Å². The van der Waals surface area contributed by atoms with Gasteiger partial charge in [0.05, 0.1) is 29.5 Å². The van der Waals surface area contributed by atoms with Crippen molar-refractivity contribution >= 4 is 16.9 Å². The minimum absolute atomic E-state index is 0.104. The second kappa shape index (κ2) is 7.63. The lowest BCUT2D eigenvalue weighted by molar-refractivity contribution is -0.132. The van der Waals surface area contributed by atoms with Gasteiger partial charge in [-0.3, -0.25) is 9.59 Å². The molecule has 0 amide bonds. The van der Waals surface area contributed by atoms with Gasteiger partial charge < -0.3 is 23.6 Å². The van der Waals surface area contributed by atoms with E-state index in [0.29, 0.717) is 22.4 Å². The number of methoxy groups -OCH3 is 1. The second-order valence-electron chi connectivity index (χ2n) is 7.54. The Labute approximate surface area is 186 Å². The topological polar surface area (TPSA) is 121 Å². The predicted molar refractivity (Wildman–Crippen MR) is 117 cm³/mol. The van der Waals surface area contributed by atoms with Crippen LogP contribution in [0.1, 0.15) is 35.4 Å². The quantitative estimate of drug-likeness (QED) is 0.254. The Bertz CT molecular complexity index is 1550. The number of carbonyl (C=O) groups is 1. The zero-order chi connectivity index (χ0) is 23.3. The molecule has 4 aromatic rings. The van der Waals surface area contributed by atoms with Crippen molar-refractivity contribution in [3.05, 3.63) is 85.8 Å². The van der Waals surface area contributed by atoms with E-state index in [1.807, 2.05) is 0 Å². The summed E-state index contributed by atoms with van der Waals surface area (Å²) in [5.74, 6) is -0.141. The first kappa shape index (κ1) is 20.5. The van der Waals surface area contributed by atoms with Gasteiger partial charge in [-0.1, -0.05) is 18.2 Å². The molecule has 166 valence electrons. The summed E-state index contributed by atoms with van der Waals surface area (Å²) in [6.07, 6.45) is 0. The first-order valence-corrected chi connectivity index (χ1v) is 10.1. The number of aromatic nitrogens is 2. The molecule has 0 saturated heterocycles. The number of carbonyl (C=O) groups excluding carboxylic acids is 1. The first-order valence-electron chi connectivity index (χ1n) is 10.1. The van der Waals surface area contributed by atoms with Crippen LogP contribution < -0.4 is 25.4 Å². The SMILES string of the molecule is COc1cc([C@@H]2c3c(nc(C)[nH]c3=O)Oc3c2c(=O)oc2ccccc32)ccc1OC(C)=O. The number of nitrogens with zero attached hydrogens (tertiary/aromatic N) is 1. The number of aryl methyl sites for hydroxylation is 1. The lowest BCUT2D eigenvalue weighted by Crippen LogP contribution is -2.28. The van der Waals surface area contributed by atoms with Crippen LogP contribution in [0.2, 0.25) is 0 Å². The summed E-state index contributed by atoms with van der Waals surface area (Å²) in [5, 5.41) is 0.575. The van der Waals surface area contributed by atoms with Crippen LogP contribution in [-0.2, 0) is 4.79 Å². The Hall–Kier alpha value is -4.40. The van der Waals surface area contributed by atoms with Gasteiger partial charge in [-0.2, -0.15) is 4.98 Å². The van der Waals surface area contributed by atoms with Gasteiger partial charge in [0.2, 0.25) is 5.88 Å². The van der Waals surface area contributed by atoms with E-state index in [-0.39, 0.29) is 34.3 Å². The molecule has 3 heterocycles. The van der Waals surface area contributed by atoms with Crippen LogP contribution in [0.4, 0.5) is 0 Å². The van der Waals surface area contributed by atoms with Crippen molar-refractivity contribution in [1.29, 1.82) is 0 Å². The molecule has 0 unspecified atom stereocenters. The van der Waals surface area contributed by atoms with Crippen LogP contribution >= 0.6 is 0 Å². The molecule has 1 N–H and O–H groups in total. The maximum Gasteiger partial charge on any atom is 0.344 e. The van der Waals surface area contributed by atoms with Crippen molar-refractivity contribution in [3.63, 3.8) is 0 Å². The molecule has 1 aliphatic heterocycles. The van der Waals surface area contributed by atoms with E-state index in [0.717, 1.165) is 0 Å². The van der Waals surface area contributed by atoms with Gasteiger partial charge in [-0.25, -0.2) is 4.79 Å². The fourth-order valence-corrected chi connectivity index (χ4v) is 4.07. The molecule has 0 bridgehead atoms. The molecule has 0 aliphatic carbocycles. The summed E-state index contributed by atoms with van der Waals surface area (Å²) < 4.78 is 22.2. The average Bonchev–Trinajstić information content (AvgIpc) is 2.77. The maximum atomic E-state index is 13.1. The van der Waals surface area contributed by atoms with Crippen molar-refractivity contribution in [3.8, 4) is 23.1 Å². The molecular formula is C24H18N2O7. The standard InChI is InChI=1S/C24H18N2O7/c1-11-25-22(28)20-18(13-8-9-16(31-12(2)27)17(10-13)30-3)19-21(33-23(20)26-11)14-6-4-5-7-15(14)32-24(19)29/h4-10,18H,1-3H3,(H,25,26,28)/t18-/m0/s1. The van der Waals surface area contributed by atoms with Crippen molar-refractivity contribution in [2.24, 2.45) is 0 Å². The fraction of sp³-hybridized carbons (Fsp3) is 0.167. The maximum absolute atomic E-state index is 13.1. The van der Waals surface area contributed by atoms with Crippen LogP contribution in [0.25, 0.3) is 11.0 Å². The molecule has 0 radical (unpaired) electrons. The number of esters is 1. The Morgan fingerprint density at radius 1 is 1.09 bits per heavy atom. The van der Waals surface area contributed by atoms with E-state index in [1.165, 1.54) is 14.0 Å². The summed E-state index contributed by atoms with van der Waals surface area (Å²) in [6.45, 7) is 2.92. The number of fused-ring (bicyclic) bond motifs is 4. The van der Waals surface area contributed by atoms with Crippen molar-refractivity contribution in [2.75, 3.05) is 7.11 Å². The highest BCUT2D eigenvalue weighted by atomic mass is 16.6. The largest absolute Gasteiger partial charge is 0.493 e. The molecule has 1 aliphatic rings. The Morgan fingerprint density at radius 2 is 1.88 bits per heavy atom.